The fourth-order valence-electron chi connectivity index (χ4n) is 0.680. The van der Waals surface area contributed by atoms with E-state index in [1.807, 2.05) is 19.9 Å². The molecule has 9 heavy (non-hydrogen) atoms. The lowest BCUT2D eigenvalue weighted by Gasteiger charge is -1.95. The Morgan fingerprint density at radius 3 is 2.56 bits per heavy atom. The molecule has 1 nitrogen and oxygen atoms in total. The van der Waals surface area contributed by atoms with E-state index >= 15 is 0 Å². The number of nitrogens with zero attached hydrogens (tertiary/aromatic N) is 1. The zero-order valence-corrected chi connectivity index (χ0v) is 6.24. The number of aromatic nitrogens is 1. The second kappa shape index (κ2) is 2.36. The van der Waals surface area contributed by atoms with Gasteiger partial charge in [-0.15, -0.1) is 0 Å². The molecule has 1 heterocycles. The number of hydrogen-bond donors (Lipinski definition) is 0. The predicted molar refractivity (Wildman–Crippen MR) is 38.7 cm³/mol. The van der Waals surface area contributed by atoms with Crippen LogP contribution >= 0.6 is 11.6 Å². The minimum atomic E-state index is 0.737. The highest BCUT2D eigenvalue weighted by Crippen LogP contribution is 2.12. The van der Waals surface area contributed by atoms with Crippen molar-refractivity contribution in [1.82, 2.24) is 4.98 Å². The van der Waals surface area contributed by atoms with Gasteiger partial charge < -0.3 is 0 Å². The first kappa shape index (κ1) is 6.56. The van der Waals surface area contributed by atoms with Crippen molar-refractivity contribution >= 4 is 11.6 Å². The monoisotopic (exact) mass is 141 g/mol. The summed E-state index contributed by atoms with van der Waals surface area (Å²) in [6, 6.07) is 1.96. The van der Waals surface area contributed by atoms with Gasteiger partial charge >= 0.3 is 0 Å². The molecule has 0 radical (unpaired) electrons. The molecular weight excluding hydrogens is 134 g/mol. The average Bonchev–Trinajstić information content (AvgIpc) is 1.80. The summed E-state index contributed by atoms with van der Waals surface area (Å²) < 4.78 is 0. The standard InChI is InChI=1S/C7H8ClN/c1-5-3-6(2)9-4-7(5)8/h3-4H,1-2H3. The molecule has 0 bridgehead atoms. The number of rotatable bonds is 0. The highest BCUT2D eigenvalue weighted by atomic mass is 35.5. The summed E-state index contributed by atoms with van der Waals surface area (Å²) in [5.74, 6) is 0. The van der Waals surface area contributed by atoms with Crippen LogP contribution in [0, 0.1) is 13.8 Å². The van der Waals surface area contributed by atoms with E-state index in [2.05, 4.69) is 4.98 Å². The molecule has 0 unspecified atom stereocenters. The highest BCUT2D eigenvalue weighted by molar-refractivity contribution is 6.31. The number of halogens is 1. The molecule has 0 spiro atoms. The predicted octanol–water partition coefficient (Wildman–Crippen LogP) is 2.35. The second-order valence-electron chi connectivity index (χ2n) is 2.07. The third kappa shape index (κ3) is 1.42. The maximum Gasteiger partial charge on any atom is 0.0618 e. The zero-order valence-electron chi connectivity index (χ0n) is 5.48. The van der Waals surface area contributed by atoms with Gasteiger partial charge in [0.1, 0.15) is 0 Å². The highest BCUT2D eigenvalue weighted by Gasteiger charge is 1.92. The molecule has 0 aromatic carbocycles. The number of pyridine rings is 1. The normalized spacial score (nSPS) is 9.67. The molecule has 1 aromatic heterocycles. The van der Waals surface area contributed by atoms with E-state index in [9.17, 15) is 0 Å². The third-order valence-corrected chi connectivity index (χ3v) is 1.58. The molecule has 0 aliphatic heterocycles. The van der Waals surface area contributed by atoms with E-state index in [-0.39, 0.29) is 0 Å². The summed E-state index contributed by atoms with van der Waals surface area (Å²) in [5, 5.41) is 0.737. The summed E-state index contributed by atoms with van der Waals surface area (Å²) in [6.07, 6.45) is 1.67. The molecule has 0 aliphatic rings. The van der Waals surface area contributed by atoms with Crippen LogP contribution in [0.4, 0.5) is 0 Å². The molecule has 48 valence electrons. The van der Waals surface area contributed by atoms with Crippen LogP contribution in [0.15, 0.2) is 12.3 Å². The van der Waals surface area contributed by atoms with Gasteiger partial charge in [-0.3, -0.25) is 4.98 Å². The molecule has 0 saturated carbocycles. The molecule has 0 aliphatic carbocycles. The van der Waals surface area contributed by atoms with Crippen molar-refractivity contribution < 1.29 is 0 Å². The van der Waals surface area contributed by atoms with Gasteiger partial charge in [-0.25, -0.2) is 0 Å². The van der Waals surface area contributed by atoms with Gasteiger partial charge in [-0.05, 0) is 25.5 Å². The van der Waals surface area contributed by atoms with Gasteiger partial charge in [-0.1, -0.05) is 11.6 Å². The Balaban J connectivity index is 3.17. The van der Waals surface area contributed by atoms with Crippen molar-refractivity contribution in [3.8, 4) is 0 Å². The Morgan fingerprint density at radius 1 is 1.44 bits per heavy atom. The van der Waals surface area contributed by atoms with Crippen molar-refractivity contribution in [2.24, 2.45) is 0 Å². The van der Waals surface area contributed by atoms with Crippen molar-refractivity contribution in [2.75, 3.05) is 0 Å². The van der Waals surface area contributed by atoms with Crippen LogP contribution in [0.5, 0.6) is 0 Å². The Bertz CT molecular complexity index is 220. The number of aryl methyl sites for hydroxylation is 2. The lowest BCUT2D eigenvalue weighted by atomic mass is 10.2. The molecule has 2 heteroatoms. The van der Waals surface area contributed by atoms with Crippen LogP contribution in [-0.4, -0.2) is 4.98 Å². The molecule has 0 N–H and O–H groups in total. The van der Waals surface area contributed by atoms with Gasteiger partial charge in [0.2, 0.25) is 0 Å². The fourth-order valence-corrected chi connectivity index (χ4v) is 0.783. The Hall–Kier alpha value is -0.560. The molecule has 0 fully saturated rings. The van der Waals surface area contributed by atoms with E-state index in [0.29, 0.717) is 0 Å². The van der Waals surface area contributed by atoms with Gasteiger partial charge in [0, 0.05) is 11.9 Å². The summed E-state index contributed by atoms with van der Waals surface area (Å²) in [6.45, 7) is 3.92. The first-order valence-corrected chi connectivity index (χ1v) is 3.16. The summed E-state index contributed by atoms with van der Waals surface area (Å²) in [7, 11) is 0. The van der Waals surface area contributed by atoms with Crippen LogP contribution in [0.3, 0.4) is 0 Å². The van der Waals surface area contributed by atoms with Crippen molar-refractivity contribution in [2.45, 2.75) is 13.8 Å². The van der Waals surface area contributed by atoms with E-state index in [4.69, 9.17) is 11.6 Å². The number of hydrogen-bond acceptors (Lipinski definition) is 1. The quantitative estimate of drug-likeness (QED) is 0.541. The third-order valence-electron chi connectivity index (χ3n) is 1.18. The zero-order chi connectivity index (χ0) is 6.85. The van der Waals surface area contributed by atoms with Crippen molar-refractivity contribution in [3.63, 3.8) is 0 Å². The van der Waals surface area contributed by atoms with Gasteiger partial charge in [0.15, 0.2) is 0 Å². The SMILES string of the molecule is Cc1cc(C)c(Cl)cn1. The van der Waals surface area contributed by atoms with Crippen molar-refractivity contribution in [1.29, 1.82) is 0 Å². The molecule has 0 saturated heterocycles. The minimum absolute atomic E-state index is 0.737. The van der Waals surface area contributed by atoms with Gasteiger partial charge in [0.25, 0.3) is 0 Å². The molecule has 0 amide bonds. The maximum absolute atomic E-state index is 5.72. The van der Waals surface area contributed by atoms with Crippen LogP contribution in [0.2, 0.25) is 5.02 Å². The lowest BCUT2D eigenvalue weighted by Crippen LogP contribution is -1.81. The molecule has 1 aromatic rings. The topological polar surface area (TPSA) is 12.9 Å². The largest absolute Gasteiger partial charge is 0.260 e. The molecule has 0 atom stereocenters. The van der Waals surface area contributed by atoms with Crippen LogP contribution in [0.25, 0.3) is 0 Å². The fraction of sp³-hybridized carbons (Fsp3) is 0.286. The summed E-state index contributed by atoms with van der Waals surface area (Å²) in [5.41, 5.74) is 2.10. The van der Waals surface area contributed by atoms with E-state index in [1.54, 1.807) is 6.20 Å². The molecular formula is C7H8ClN. The van der Waals surface area contributed by atoms with Gasteiger partial charge in [0.05, 0.1) is 5.02 Å². The Labute approximate surface area is 59.7 Å². The summed E-state index contributed by atoms with van der Waals surface area (Å²) >= 11 is 5.72. The average molecular weight is 142 g/mol. The van der Waals surface area contributed by atoms with Gasteiger partial charge in [-0.2, -0.15) is 0 Å². The van der Waals surface area contributed by atoms with E-state index in [0.717, 1.165) is 16.3 Å². The van der Waals surface area contributed by atoms with Crippen LogP contribution in [-0.2, 0) is 0 Å². The lowest BCUT2D eigenvalue weighted by molar-refractivity contribution is 1.18. The van der Waals surface area contributed by atoms with Crippen LogP contribution in [0.1, 0.15) is 11.3 Å². The van der Waals surface area contributed by atoms with E-state index in [1.165, 1.54) is 0 Å². The van der Waals surface area contributed by atoms with Crippen molar-refractivity contribution in [3.05, 3.63) is 28.5 Å². The Kier molecular flexibility index (Phi) is 1.72. The summed E-state index contributed by atoms with van der Waals surface area (Å²) in [4.78, 5) is 4.01. The first-order valence-electron chi connectivity index (χ1n) is 2.79. The molecule has 1 rings (SSSR count). The smallest absolute Gasteiger partial charge is 0.0618 e. The Morgan fingerprint density at radius 2 is 2.11 bits per heavy atom. The van der Waals surface area contributed by atoms with Crippen LogP contribution < -0.4 is 0 Å². The first-order chi connectivity index (χ1) is 4.20. The van der Waals surface area contributed by atoms with E-state index < -0.39 is 0 Å². The maximum atomic E-state index is 5.72. The minimum Gasteiger partial charge on any atom is -0.260 e. The second-order valence-corrected chi connectivity index (χ2v) is 2.48.